The Morgan fingerprint density at radius 3 is 2.77 bits per heavy atom. The second kappa shape index (κ2) is 8.30. The molecule has 8 nitrogen and oxygen atoms in total. The van der Waals surface area contributed by atoms with Crippen LogP contribution in [0, 0.1) is 6.92 Å². The van der Waals surface area contributed by atoms with Gasteiger partial charge in [-0.15, -0.1) is 0 Å². The van der Waals surface area contributed by atoms with Crippen LogP contribution in [0.1, 0.15) is 58.3 Å². The van der Waals surface area contributed by atoms with Crippen LogP contribution in [0.25, 0.3) is 0 Å². The first-order chi connectivity index (χ1) is 14.4. The first kappa shape index (κ1) is 20.1. The molecule has 158 valence electrons. The van der Waals surface area contributed by atoms with Crippen LogP contribution in [0.4, 0.5) is 0 Å². The third-order valence-corrected chi connectivity index (χ3v) is 5.44. The number of carbonyl (C=O) groups is 3. The highest BCUT2D eigenvalue weighted by Crippen LogP contribution is 2.19. The van der Waals surface area contributed by atoms with Crippen molar-refractivity contribution in [3.05, 3.63) is 52.8 Å². The lowest BCUT2D eigenvalue weighted by Crippen LogP contribution is -2.45. The van der Waals surface area contributed by atoms with Crippen molar-refractivity contribution in [2.24, 2.45) is 0 Å². The minimum Gasteiger partial charge on any atom is -0.352 e. The predicted molar refractivity (Wildman–Crippen MR) is 111 cm³/mol. The fraction of sp³-hybridized carbons (Fsp3) is 0.455. The van der Waals surface area contributed by atoms with E-state index in [1.54, 1.807) is 16.5 Å². The molecule has 0 bridgehead atoms. The predicted octanol–water partition coefficient (Wildman–Crippen LogP) is 1.63. The molecule has 1 aliphatic carbocycles. The number of nitrogens with one attached hydrogen (secondary N) is 2. The number of carbonyl (C=O) groups excluding carboxylic acids is 3. The first-order valence-electron chi connectivity index (χ1n) is 10.4. The summed E-state index contributed by atoms with van der Waals surface area (Å²) in [6.07, 6.45) is 2.73. The Balaban J connectivity index is 1.45. The van der Waals surface area contributed by atoms with Gasteiger partial charge in [-0.1, -0.05) is 29.8 Å². The molecule has 1 saturated carbocycles. The summed E-state index contributed by atoms with van der Waals surface area (Å²) in [5.41, 5.74) is 2.78. The molecule has 0 unspecified atom stereocenters. The zero-order valence-corrected chi connectivity index (χ0v) is 17.4. The van der Waals surface area contributed by atoms with E-state index in [9.17, 15) is 14.4 Å². The summed E-state index contributed by atoms with van der Waals surface area (Å²) < 4.78 is 1.60. The van der Waals surface area contributed by atoms with Gasteiger partial charge in [0.1, 0.15) is 11.7 Å². The topological polar surface area (TPSA) is 96.3 Å². The summed E-state index contributed by atoms with van der Waals surface area (Å²) in [6.45, 7) is 5.39. The molecule has 0 radical (unpaired) electrons. The van der Waals surface area contributed by atoms with Gasteiger partial charge in [-0.2, -0.15) is 5.10 Å². The van der Waals surface area contributed by atoms with Crippen LogP contribution in [0.3, 0.4) is 0 Å². The molecule has 3 amide bonds. The number of rotatable bonds is 6. The summed E-state index contributed by atoms with van der Waals surface area (Å²) in [5.74, 6) is -0.792. The summed E-state index contributed by atoms with van der Waals surface area (Å²) in [5, 5.41) is 9.87. The van der Waals surface area contributed by atoms with Gasteiger partial charge in [0.2, 0.25) is 5.91 Å². The van der Waals surface area contributed by atoms with Crippen molar-refractivity contribution in [2.75, 3.05) is 6.54 Å². The number of fused-ring (bicyclic) bond motifs is 1. The Morgan fingerprint density at radius 1 is 1.23 bits per heavy atom. The molecule has 1 aromatic carbocycles. The fourth-order valence-electron chi connectivity index (χ4n) is 3.62. The van der Waals surface area contributed by atoms with E-state index >= 15 is 0 Å². The summed E-state index contributed by atoms with van der Waals surface area (Å²) in [6, 6.07) is 9.20. The Kier molecular flexibility index (Phi) is 5.57. The van der Waals surface area contributed by atoms with Gasteiger partial charge in [0.05, 0.1) is 0 Å². The minimum atomic E-state index is -0.659. The van der Waals surface area contributed by atoms with E-state index in [0.29, 0.717) is 25.3 Å². The highest BCUT2D eigenvalue weighted by Gasteiger charge is 2.29. The average molecular weight is 409 g/mol. The second-order valence-corrected chi connectivity index (χ2v) is 8.19. The molecule has 0 saturated heterocycles. The van der Waals surface area contributed by atoms with E-state index in [4.69, 9.17) is 0 Å². The van der Waals surface area contributed by atoms with Crippen molar-refractivity contribution in [3.63, 3.8) is 0 Å². The van der Waals surface area contributed by atoms with Gasteiger partial charge in [-0.25, -0.2) is 0 Å². The lowest BCUT2D eigenvalue weighted by atomic mass is 10.1. The normalized spacial score (nSPS) is 17.1. The third kappa shape index (κ3) is 4.53. The molecule has 1 aromatic heterocycles. The SMILES string of the molecule is Cc1cccc(CN2CCCn3nc(C(=O)N[C@H](C)C(=O)NC4CC4)cc3C2=O)c1. The maximum absolute atomic E-state index is 13.1. The molecule has 1 atom stereocenters. The van der Waals surface area contributed by atoms with Crippen LogP contribution in [0.5, 0.6) is 0 Å². The van der Waals surface area contributed by atoms with E-state index in [0.717, 1.165) is 30.4 Å². The summed E-state index contributed by atoms with van der Waals surface area (Å²) in [4.78, 5) is 39.6. The van der Waals surface area contributed by atoms with E-state index < -0.39 is 11.9 Å². The Bertz CT molecular complexity index is 979. The van der Waals surface area contributed by atoms with Crippen molar-refractivity contribution < 1.29 is 14.4 Å². The zero-order valence-electron chi connectivity index (χ0n) is 17.4. The monoisotopic (exact) mass is 409 g/mol. The number of benzene rings is 1. The van der Waals surface area contributed by atoms with Crippen molar-refractivity contribution >= 4 is 17.7 Å². The fourth-order valence-corrected chi connectivity index (χ4v) is 3.62. The van der Waals surface area contributed by atoms with Crippen LogP contribution >= 0.6 is 0 Å². The highest BCUT2D eigenvalue weighted by atomic mass is 16.2. The molecular weight excluding hydrogens is 382 g/mol. The van der Waals surface area contributed by atoms with Crippen LogP contribution in [-0.2, 0) is 17.9 Å². The van der Waals surface area contributed by atoms with Crippen LogP contribution in [0.15, 0.2) is 30.3 Å². The molecule has 2 heterocycles. The summed E-state index contributed by atoms with van der Waals surface area (Å²) >= 11 is 0. The third-order valence-electron chi connectivity index (χ3n) is 5.44. The molecule has 2 N–H and O–H groups in total. The van der Waals surface area contributed by atoms with Gasteiger partial charge < -0.3 is 15.5 Å². The first-order valence-corrected chi connectivity index (χ1v) is 10.4. The van der Waals surface area contributed by atoms with Gasteiger partial charge in [-0.3, -0.25) is 19.1 Å². The molecule has 0 spiro atoms. The number of hydrogen-bond donors (Lipinski definition) is 2. The van der Waals surface area contributed by atoms with E-state index in [-0.39, 0.29) is 23.6 Å². The Labute approximate surface area is 175 Å². The number of amides is 3. The maximum atomic E-state index is 13.1. The molecule has 1 aliphatic heterocycles. The molecule has 30 heavy (non-hydrogen) atoms. The highest BCUT2D eigenvalue weighted by molar-refractivity contribution is 5.99. The minimum absolute atomic E-state index is 0.139. The van der Waals surface area contributed by atoms with Crippen LogP contribution < -0.4 is 10.6 Å². The molecule has 2 aromatic rings. The number of aryl methyl sites for hydroxylation is 2. The van der Waals surface area contributed by atoms with E-state index in [1.165, 1.54) is 6.07 Å². The maximum Gasteiger partial charge on any atom is 0.272 e. The zero-order chi connectivity index (χ0) is 21.3. The number of aromatic nitrogens is 2. The van der Waals surface area contributed by atoms with Crippen LogP contribution in [0.2, 0.25) is 0 Å². The molecule has 4 rings (SSSR count). The van der Waals surface area contributed by atoms with Crippen molar-refractivity contribution in [2.45, 2.75) is 58.3 Å². The second-order valence-electron chi connectivity index (χ2n) is 8.19. The van der Waals surface area contributed by atoms with Crippen molar-refractivity contribution in [3.8, 4) is 0 Å². The molecule has 2 aliphatic rings. The quantitative estimate of drug-likeness (QED) is 0.758. The van der Waals surface area contributed by atoms with Crippen LogP contribution in [-0.4, -0.2) is 51.0 Å². The van der Waals surface area contributed by atoms with Gasteiger partial charge in [-0.05, 0) is 38.7 Å². The van der Waals surface area contributed by atoms with Gasteiger partial charge in [0.25, 0.3) is 11.8 Å². The Morgan fingerprint density at radius 2 is 2.03 bits per heavy atom. The van der Waals surface area contributed by atoms with Crippen molar-refractivity contribution in [1.82, 2.24) is 25.3 Å². The number of hydrogen-bond acceptors (Lipinski definition) is 4. The van der Waals surface area contributed by atoms with E-state index in [2.05, 4.69) is 21.8 Å². The smallest absolute Gasteiger partial charge is 0.272 e. The van der Waals surface area contributed by atoms with Gasteiger partial charge in [0.15, 0.2) is 5.69 Å². The molecule has 8 heteroatoms. The standard InChI is InChI=1S/C22H27N5O3/c1-14-5-3-6-16(11-14)13-26-9-4-10-27-19(22(26)30)12-18(25-27)21(29)23-15(2)20(28)24-17-7-8-17/h3,5-6,11-12,15,17H,4,7-10,13H2,1-2H3,(H,23,29)(H,24,28)/t15-/m1/s1. The van der Waals surface area contributed by atoms with Crippen molar-refractivity contribution in [1.29, 1.82) is 0 Å². The summed E-state index contributed by atoms with van der Waals surface area (Å²) in [7, 11) is 0. The largest absolute Gasteiger partial charge is 0.352 e. The lowest BCUT2D eigenvalue weighted by Gasteiger charge is -2.20. The van der Waals surface area contributed by atoms with E-state index in [1.807, 2.05) is 25.1 Å². The average Bonchev–Trinajstić information content (AvgIpc) is 3.44. The molecular formula is C22H27N5O3. The lowest BCUT2D eigenvalue weighted by molar-refractivity contribution is -0.122. The Hall–Kier alpha value is -3.16. The van der Waals surface area contributed by atoms with Gasteiger partial charge >= 0.3 is 0 Å². The number of nitrogens with zero attached hydrogens (tertiary/aromatic N) is 3. The molecule has 1 fully saturated rings. The van der Waals surface area contributed by atoms with Gasteiger partial charge in [0, 0.05) is 31.7 Å².